The Morgan fingerprint density at radius 3 is 2.67 bits per heavy atom. The monoisotopic (exact) mass is 211 g/mol. The summed E-state index contributed by atoms with van der Waals surface area (Å²) in [4.78, 5) is 0. The number of nitrogens with one attached hydrogen (secondary N) is 1. The summed E-state index contributed by atoms with van der Waals surface area (Å²) < 4.78 is 5.94. The maximum absolute atomic E-state index is 5.94. The van der Waals surface area contributed by atoms with Crippen LogP contribution in [0.5, 0.6) is 0 Å². The fourth-order valence-corrected chi connectivity index (χ4v) is 3.21. The predicted molar refractivity (Wildman–Crippen MR) is 62.9 cm³/mol. The van der Waals surface area contributed by atoms with Crippen LogP contribution in [0.3, 0.4) is 0 Å². The van der Waals surface area contributed by atoms with Crippen LogP contribution in [0.25, 0.3) is 0 Å². The molecule has 2 nitrogen and oxygen atoms in total. The van der Waals surface area contributed by atoms with E-state index in [0.717, 1.165) is 11.8 Å². The lowest BCUT2D eigenvalue weighted by atomic mass is 9.80. The molecule has 2 aliphatic rings. The van der Waals surface area contributed by atoms with E-state index in [4.69, 9.17) is 4.74 Å². The van der Waals surface area contributed by atoms with Crippen LogP contribution >= 0.6 is 0 Å². The summed E-state index contributed by atoms with van der Waals surface area (Å²) in [7, 11) is 2.11. The Morgan fingerprint density at radius 1 is 1.40 bits per heavy atom. The van der Waals surface area contributed by atoms with Gasteiger partial charge in [0, 0.05) is 12.0 Å². The third kappa shape index (κ3) is 2.36. The van der Waals surface area contributed by atoms with Crippen LogP contribution in [0.1, 0.15) is 46.0 Å². The summed E-state index contributed by atoms with van der Waals surface area (Å²) >= 11 is 0. The standard InChI is InChI=1S/C13H25NO/c1-4-9(2)7-12(14-3)11-8-10-5-6-13(11)15-10/h9-14H,4-8H2,1-3H3. The highest BCUT2D eigenvalue weighted by Crippen LogP contribution is 2.41. The van der Waals surface area contributed by atoms with Gasteiger partial charge in [-0.3, -0.25) is 0 Å². The van der Waals surface area contributed by atoms with Crippen molar-refractivity contribution in [3.8, 4) is 0 Å². The third-order valence-electron chi connectivity index (χ3n) is 4.39. The first-order valence-corrected chi connectivity index (χ1v) is 6.57. The van der Waals surface area contributed by atoms with E-state index in [1.165, 1.54) is 32.1 Å². The smallest absolute Gasteiger partial charge is 0.0623 e. The van der Waals surface area contributed by atoms with Gasteiger partial charge in [0.25, 0.3) is 0 Å². The molecule has 2 heteroatoms. The van der Waals surface area contributed by atoms with Crippen molar-refractivity contribution in [1.29, 1.82) is 0 Å². The van der Waals surface area contributed by atoms with Gasteiger partial charge in [0.05, 0.1) is 12.2 Å². The Hall–Kier alpha value is -0.0800. The minimum absolute atomic E-state index is 0.566. The predicted octanol–water partition coefficient (Wildman–Crippen LogP) is 2.58. The van der Waals surface area contributed by atoms with Crippen molar-refractivity contribution in [1.82, 2.24) is 5.32 Å². The van der Waals surface area contributed by atoms with E-state index < -0.39 is 0 Å². The molecule has 2 aliphatic heterocycles. The molecule has 5 atom stereocenters. The molecule has 0 spiro atoms. The van der Waals surface area contributed by atoms with Crippen molar-refractivity contribution in [3.63, 3.8) is 0 Å². The molecule has 2 saturated heterocycles. The molecule has 0 aromatic carbocycles. The van der Waals surface area contributed by atoms with E-state index in [9.17, 15) is 0 Å². The van der Waals surface area contributed by atoms with E-state index >= 15 is 0 Å². The molecule has 5 unspecified atom stereocenters. The van der Waals surface area contributed by atoms with Crippen LogP contribution < -0.4 is 5.32 Å². The van der Waals surface area contributed by atoms with Crippen molar-refractivity contribution in [2.45, 2.75) is 64.2 Å². The normalized spacial score (nSPS) is 38.2. The second kappa shape index (κ2) is 4.84. The quantitative estimate of drug-likeness (QED) is 0.754. The molecule has 0 aromatic rings. The summed E-state index contributed by atoms with van der Waals surface area (Å²) in [5.74, 6) is 1.62. The Labute approximate surface area is 93.8 Å². The summed E-state index contributed by atoms with van der Waals surface area (Å²) in [5, 5.41) is 3.51. The first kappa shape index (κ1) is 11.4. The fourth-order valence-electron chi connectivity index (χ4n) is 3.21. The van der Waals surface area contributed by atoms with Crippen molar-refractivity contribution >= 4 is 0 Å². The van der Waals surface area contributed by atoms with Crippen LogP contribution in [0, 0.1) is 11.8 Å². The third-order valence-corrected chi connectivity index (χ3v) is 4.39. The topological polar surface area (TPSA) is 21.3 Å². The summed E-state index contributed by atoms with van der Waals surface area (Å²) in [6, 6.07) is 0.676. The van der Waals surface area contributed by atoms with Gasteiger partial charge in [-0.1, -0.05) is 20.3 Å². The first-order valence-electron chi connectivity index (χ1n) is 6.57. The van der Waals surface area contributed by atoms with Gasteiger partial charge in [-0.25, -0.2) is 0 Å². The molecule has 2 fully saturated rings. The van der Waals surface area contributed by atoms with Gasteiger partial charge < -0.3 is 10.1 Å². The SMILES string of the molecule is CCC(C)CC(NC)C1CC2CCC1O2. The summed E-state index contributed by atoms with van der Waals surface area (Å²) in [6.07, 6.45) is 7.66. The highest BCUT2D eigenvalue weighted by molar-refractivity contribution is 4.95. The van der Waals surface area contributed by atoms with Crippen molar-refractivity contribution in [2.75, 3.05) is 7.05 Å². The van der Waals surface area contributed by atoms with Gasteiger partial charge in [0.15, 0.2) is 0 Å². The number of hydrogen-bond donors (Lipinski definition) is 1. The zero-order valence-electron chi connectivity index (χ0n) is 10.3. The average molecular weight is 211 g/mol. The van der Waals surface area contributed by atoms with Gasteiger partial charge in [-0.05, 0) is 38.6 Å². The minimum atomic E-state index is 0.566. The molecule has 2 rings (SSSR count). The van der Waals surface area contributed by atoms with E-state index in [1.807, 2.05) is 0 Å². The minimum Gasteiger partial charge on any atom is -0.375 e. The molecule has 1 N–H and O–H groups in total. The largest absolute Gasteiger partial charge is 0.375 e. The van der Waals surface area contributed by atoms with E-state index in [0.29, 0.717) is 18.2 Å². The van der Waals surface area contributed by atoms with Gasteiger partial charge >= 0.3 is 0 Å². The molecule has 0 radical (unpaired) electrons. The Bertz CT molecular complexity index is 207. The molecule has 15 heavy (non-hydrogen) atoms. The van der Waals surface area contributed by atoms with Crippen molar-refractivity contribution in [2.24, 2.45) is 11.8 Å². The number of fused-ring (bicyclic) bond motifs is 2. The second-order valence-corrected chi connectivity index (χ2v) is 5.42. The lowest BCUT2D eigenvalue weighted by molar-refractivity contribution is 0.0842. The van der Waals surface area contributed by atoms with Gasteiger partial charge in [-0.15, -0.1) is 0 Å². The lowest BCUT2D eigenvalue weighted by Gasteiger charge is -2.30. The maximum Gasteiger partial charge on any atom is 0.0623 e. The molecule has 0 saturated carbocycles. The van der Waals surface area contributed by atoms with Gasteiger partial charge in [0.1, 0.15) is 0 Å². The highest BCUT2D eigenvalue weighted by Gasteiger charge is 2.43. The van der Waals surface area contributed by atoms with Crippen molar-refractivity contribution in [3.05, 3.63) is 0 Å². The number of rotatable bonds is 5. The molecule has 88 valence electrons. The van der Waals surface area contributed by atoms with Crippen LogP contribution in [0.2, 0.25) is 0 Å². The van der Waals surface area contributed by atoms with Crippen LogP contribution in [0.4, 0.5) is 0 Å². The molecule has 0 aromatic heterocycles. The van der Waals surface area contributed by atoms with Gasteiger partial charge in [-0.2, -0.15) is 0 Å². The molecule has 0 amide bonds. The molecular formula is C13H25NO. The summed E-state index contributed by atoms with van der Waals surface area (Å²) in [5.41, 5.74) is 0. The van der Waals surface area contributed by atoms with Crippen LogP contribution in [0.15, 0.2) is 0 Å². The van der Waals surface area contributed by atoms with E-state index in [1.54, 1.807) is 0 Å². The first-order chi connectivity index (χ1) is 7.24. The zero-order valence-corrected chi connectivity index (χ0v) is 10.3. The number of hydrogen-bond acceptors (Lipinski definition) is 2. The van der Waals surface area contributed by atoms with Crippen LogP contribution in [-0.4, -0.2) is 25.3 Å². The molecule has 2 heterocycles. The average Bonchev–Trinajstić information content (AvgIpc) is 2.86. The van der Waals surface area contributed by atoms with E-state index in [2.05, 4.69) is 26.2 Å². The maximum atomic E-state index is 5.94. The highest BCUT2D eigenvalue weighted by atomic mass is 16.5. The summed E-state index contributed by atoms with van der Waals surface area (Å²) in [6.45, 7) is 4.65. The van der Waals surface area contributed by atoms with Crippen molar-refractivity contribution < 1.29 is 4.74 Å². The van der Waals surface area contributed by atoms with E-state index in [-0.39, 0.29) is 0 Å². The fraction of sp³-hybridized carbons (Fsp3) is 1.00. The lowest BCUT2D eigenvalue weighted by Crippen LogP contribution is -2.39. The van der Waals surface area contributed by atoms with Crippen LogP contribution in [-0.2, 0) is 4.74 Å². The molecule has 0 aliphatic carbocycles. The molecular weight excluding hydrogens is 186 g/mol. The Kier molecular flexibility index (Phi) is 3.68. The Morgan fingerprint density at radius 2 is 2.20 bits per heavy atom. The number of ether oxygens (including phenoxy) is 1. The van der Waals surface area contributed by atoms with Gasteiger partial charge in [0.2, 0.25) is 0 Å². The Balaban J connectivity index is 1.89. The zero-order chi connectivity index (χ0) is 10.8. The second-order valence-electron chi connectivity index (χ2n) is 5.42. The molecule has 2 bridgehead atoms.